The first-order valence-electron chi connectivity index (χ1n) is 28.4. The summed E-state index contributed by atoms with van der Waals surface area (Å²) in [7, 11) is 0. The predicted molar refractivity (Wildman–Crippen MR) is 251 cm³/mol. The smallest absolute Gasteiger partial charge is 0.303 e. The summed E-state index contributed by atoms with van der Waals surface area (Å²) in [6, 6.07) is 0. The molecule has 8 aliphatic heterocycles. The van der Waals surface area contributed by atoms with Crippen molar-refractivity contribution in [2.24, 2.45) is 93.7 Å². The van der Waals surface area contributed by atoms with Crippen molar-refractivity contribution < 1.29 is 62.6 Å². The maximum Gasteiger partial charge on any atom is 0.303 e. The van der Waals surface area contributed by atoms with Gasteiger partial charge in [0.2, 0.25) is 11.6 Å². The van der Waals surface area contributed by atoms with Crippen LogP contribution >= 0.6 is 0 Å². The maximum atomic E-state index is 11.7. The lowest BCUT2D eigenvalue weighted by atomic mass is 9.43. The topological polar surface area (TPSA) is 139 Å². The number of fused-ring (bicyclic) bond motifs is 9. The van der Waals surface area contributed by atoms with Crippen LogP contribution in [0.2, 0.25) is 0 Å². The standard InChI is InChI=1S/C56H88O13/c1-30(12-17-46(57)58)37-15-16-42-36-29-45(59-26-27-60-47-33(4)40-13-10-31(2)38-20-24-53(8)64-49(62-47)55(38,40)68-66-53)44-28-35(18-22-52(44,7)43(36)19-23-51(37,42)6)61-48-34(5)41-14-11-32(3)39-21-25-54(9)65-50(63-48)56(39,41)69-67-54/h30-45,47-50H,10-29H2,1-9H3,(H,57,58)/t30-,31-,32-,33-,34-,35-,36+,37-,38+,39+,40+,41+,42+,43+,44+,45+,47+,48+,49-,50-,51-,52-,53+,54+,55-,56-/m1/s1. The Balaban J connectivity index is 0.771. The third kappa shape index (κ3) is 7.53. The average Bonchev–Trinajstić information content (AvgIpc) is 3.39. The van der Waals surface area contributed by atoms with Crippen molar-refractivity contribution in [3.8, 4) is 0 Å². The van der Waals surface area contributed by atoms with Crippen molar-refractivity contribution in [3.63, 3.8) is 0 Å². The number of carboxylic acids is 1. The van der Waals surface area contributed by atoms with E-state index in [1.54, 1.807) is 0 Å². The summed E-state index contributed by atoms with van der Waals surface area (Å²) in [5.41, 5.74) is -0.894. The van der Waals surface area contributed by atoms with Crippen molar-refractivity contribution in [1.29, 1.82) is 0 Å². The Morgan fingerprint density at radius 2 is 1.14 bits per heavy atom. The second kappa shape index (κ2) is 17.6. The van der Waals surface area contributed by atoms with Crippen molar-refractivity contribution in [2.45, 2.75) is 238 Å². The van der Waals surface area contributed by atoms with Crippen LogP contribution in [0.25, 0.3) is 0 Å². The highest BCUT2D eigenvalue weighted by atomic mass is 17.3. The molecular formula is C56H88O13. The first-order valence-corrected chi connectivity index (χ1v) is 28.4. The molecule has 4 bridgehead atoms. The largest absolute Gasteiger partial charge is 0.481 e. The van der Waals surface area contributed by atoms with Crippen molar-refractivity contribution in [3.05, 3.63) is 0 Å². The molecule has 69 heavy (non-hydrogen) atoms. The van der Waals surface area contributed by atoms with Gasteiger partial charge < -0.3 is 38.3 Å². The molecule has 8 heterocycles. The van der Waals surface area contributed by atoms with Crippen LogP contribution in [0.15, 0.2) is 0 Å². The highest BCUT2D eigenvalue weighted by Crippen LogP contribution is 2.70. The fraction of sp³-hybridized carbons (Fsp3) is 0.982. The molecule has 14 rings (SSSR count). The van der Waals surface area contributed by atoms with E-state index in [2.05, 4.69) is 48.5 Å². The van der Waals surface area contributed by atoms with Gasteiger partial charge >= 0.3 is 5.97 Å². The maximum absolute atomic E-state index is 11.7. The predicted octanol–water partition coefficient (Wildman–Crippen LogP) is 11.0. The van der Waals surface area contributed by atoms with Crippen molar-refractivity contribution >= 4 is 5.97 Å². The third-order valence-corrected chi connectivity index (χ3v) is 23.4. The minimum absolute atomic E-state index is 0.0473. The number of aliphatic carboxylic acids is 1. The van der Waals surface area contributed by atoms with E-state index >= 15 is 0 Å². The molecular weight excluding hydrogens is 881 g/mol. The molecule has 13 nitrogen and oxygen atoms in total. The minimum atomic E-state index is -0.824. The summed E-state index contributed by atoms with van der Waals surface area (Å²) < 4.78 is 48.7. The summed E-state index contributed by atoms with van der Waals surface area (Å²) in [4.78, 5) is 36.8. The van der Waals surface area contributed by atoms with Gasteiger partial charge in [-0.1, -0.05) is 48.5 Å². The molecule has 0 amide bonds. The van der Waals surface area contributed by atoms with Crippen LogP contribution in [0.3, 0.4) is 0 Å². The first kappa shape index (κ1) is 48.9. The van der Waals surface area contributed by atoms with Gasteiger partial charge in [-0.3, -0.25) is 4.79 Å². The zero-order valence-corrected chi connectivity index (χ0v) is 43.5. The van der Waals surface area contributed by atoms with Crippen LogP contribution in [0.1, 0.15) is 178 Å². The summed E-state index contributed by atoms with van der Waals surface area (Å²) in [5.74, 6) is 3.11. The summed E-state index contributed by atoms with van der Waals surface area (Å²) >= 11 is 0. The molecule has 0 aromatic carbocycles. The SMILES string of the molecule is C[C@H]1[C@@H](OCCO[C@H]2C[C@@H]3[C@H](CC[C@]4(C)[C@@H]([C@H](C)CCC(=O)O)CC[C@@H]34)[C@@]3(C)CC[C@@H](O[C@H]4O[C@@H]5O[C@]6(C)CC[C@H]7[C@H](C)CC[C@@H]([C@H]4C)[C@@]57OO6)C[C@@H]23)O[C@@H]2O[C@]3(C)CC[C@H]4[C@H](C)CC[C@@H]1[C@@]24OO3. The van der Waals surface area contributed by atoms with Gasteiger partial charge in [0.15, 0.2) is 36.4 Å². The zero-order chi connectivity index (χ0) is 48.0. The number of ether oxygens (including phenoxy) is 7. The van der Waals surface area contributed by atoms with Gasteiger partial charge in [0.05, 0.1) is 25.4 Å². The van der Waals surface area contributed by atoms with Gasteiger partial charge in [-0.25, -0.2) is 19.6 Å². The number of carboxylic acid groups (broad SMARTS) is 1. The van der Waals surface area contributed by atoms with Gasteiger partial charge in [-0.2, -0.15) is 0 Å². The normalized spacial score (nSPS) is 57.5. The summed E-state index contributed by atoms with van der Waals surface area (Å²) in [6.45, 7) is 21.7. The van der Waals surface area contributed by atoms with Gasteiger partial charge in [-0.05, 0) is 180 Å². The van der Waals surface area contributed by atoms with E-state index in [1.165, 1.54) is 32.1 Å². The number of hydrogen-bond acceptors (Lipinski definition) is 12. The lowest BCUT2D eigenvalue weighted by Gasteiger charge is -2.63. The molecule has 26 atom stereocenters. The fourth-order valence-corrected chi connectivity index (χ4v) is 19.7. The van der Waals surface area contributed by atoms with Gasteiger partial charge in [0.25, 0.3) is 0 Å². The molecule has 1 N–H and O–H groups in total. The Morgan fingerprint density at radius 1 is 0.594 bits per heavy atom. The number of carbonyl (C=O) groups is 1. The van der Waals surface area contributed by atoms with Crippen LogP contribution in [0.4, 0.5) is 0 Å². The molecule has 390 valence electrons. The Hall–Kier alpha value is -0.970. The second-order valence-corrected chi connectivity index (χ2v) is 26.7. The molecule has 14 fully saturated rings. The highest BCUT2D eigenvalue weighted by molar-refractivity contribution is 5.66. The number of rotatable bonds is 11. The van der Waals surface area contributed by atoms with E-state index in [9.17, 15) is 9.90 Å². The van der Waals surface area contributed by atoms with Crippen LogP contribution in [0.5, 0.6) is 0 Å². The van der Waals surface area contributed by atoms with Gasteiger partial charge in [0, 0.05) is 42.9 Å². The van der Waals surface area contributed by atoms with Gasteiger partial charge in [0.1, 0.15) is 0 Å². The summed E-state index contributed by atoms with van der Waals surface area (Å²) in [6.07, 6.45) is 16.3. The lowest BCUT2D eigenvalue weighted by molar-refractivity contribution is -0.578. The molecule has 2 spiro atoms. The van der Waals surface area contributed by atoms with E-state index < -0.39 is 47.6 Å². The van der Waals surface area contributed by atoms with E-state index in [-0.39, 0.29) is 59.4 Å². The van der Waals surface area contributed by atoms with Crippen LogP contribution in [-0.4, -0.2) is 84.4 Å². The Labute approximate surface area is 412 Å². The quantitative estimate of drug-likeness (QED) is 0.119. The lowest BCUT2D eigenvalue weighted by Crippen LogP contribution is -2.70. The Morgan fingerprint density at radius 3 is 1.78 bits per heavy atom. The highest BCUT2D eigenvalue weighted by Gasteiger charge is 2.72. The van der Waals surface area contributed by atoms with Crippen molar-refractivity contribution in [1.82, 2.24) is 0 Å². The fourth-order valence-electron chi connectivity index (χ4n) is 19.7. The average molecular weight is 969 g/mol. The molecule has 0 aromatic rings. The molecule has 8 saturated heterocycles. The molecule has 0 radical (unpaired) electrons. The van der Waals surface area contributed by atoms with Crippen molar-refractivity contribution in [2.75, 3.05) is 13.2 Å². The zero-order valence-electron chi connectivity index (χ0n) is 43.5. The Bertz CT molecular complexity index is 1920. The van der Waals surface area contributed by atoms with Crippen LogP contribution in [0, 0.1) is 93.7 Å². The van der Waals surface area contributed by atoms with Crippen LogP contribution in [-0.2, 0) is 57.5 Å². The molecule has 6 aliphatic carbocycles. The van der Waals surface area contributed by atoms with E-state index in [0.29, 0.717) is 72.4 Å². The third-order valence-electron chi connectivity index (χ3n) is 23.4. The molecule has 13 heteroatoms. The molecule has 0 unspecified atom stereocenters. The van der Waals surface area contributed by atoms with Gasteiger partial charge in [-0.15, -0.1) is 0 Å². The monoisotopic (exact) mass is 969 g/mol. The molecule has 0 aromatic heterocycles. The van der Waals surface area contributed by atoms with Crippen LogP contribution < -0.4 is 0 Å². The van der Waals surface area contributed by atoms with E-state index in [4.69, 9.17) is 52.7 Å². The Kier molecular flexibility index (Phi) is 12.5. The van der Waals surface area contributed by atoms with E-state index in [0.717, 1.165) is 77.0 Å². The summed E-state index contributed by atoms with van der Waals surface area (Å²) in [5, 5.41) is 9.61. The number of hydrogen-bond donors (Lipinski definition) is 1. The second-order valence-electron chi connectivity index (χ2n) is 26.7. The first-order chi connectivity index (χ1) is 32.9. The van der Waals surface area contributed by atoms with E-state index in [1.807, 2.05) is 13.8 Å². The molecule has 14 aliphatic rings. The molecule has 6 saturated carbocycles. The minimum Gasteiger partial charge on any atom is -0.481 e.